The average molecular weight is 339 g/mol. The molecule has 1 aliphatic carbocycles. The van der Waals surface area contributed by atoms with Gasteiger partial charge in [0.15, 0.2) is 5.78 Å². The van der Waals surface area contributed by atoms with E-state index >= 15 is 0 Å². The first-order chi connectivity index (χ1) is 12.0. The highest BCUT2D eigenvalue weighted by Gasteiger charge is 2.29. The largest absolute Gasteiger partial charge is 0.329 e. The molecule has 1 aliphatic rings. The molecule has 0 amide bonds. The highest BCUT2D eigenvalue weighted by Crippen LogP contribution is 2.34. The lowest BCUT2D eigenvalue weighted by Crippen LogP contribution is -2.31. The number of carbonyl (C=O) groups excluding carboxylic acids is 1. The number of ketones is 1. The van der Waals surface area contributed by atoms with E-state index in [-0.39, 0.29) is 35.0 Å². The van der Waals surface area contributed by atoms with Gasteiger partial charge in [-0.3, -0.25) is 19.1 Å². The smallest absolute Gasteiger partial charge is 0.294 e. The number of Topliss-reactive ketones (excluding diaryl/α,β-unsaturated/α-hetero) is 1. The number of fused-ring (bicyclic) bond motifs is 3. The molecule has 7 heteroatoms. The number of aromatic amines is 1. The molecule has 0 saturated heterocycles. The molecule has 0 radical (unpaired) electrons. The van der Waals surface area contributed by atoms with Gasteiger partial charge >= 0.3 is 5.69 Å². The predicted octanol–water partition coefficient (Wildman–Crippen LogP) is 1.67. The predicted molar refractivity (Wildman–Crippen MR) is 89.4 cm³/mol. The molecule has 4 rings (SSSR count). The second-order valence-electron chi connectivity index (χ2n) is 6.25. The number of pyridine rings is 1. The number of H-pyrrole nitrogens is 1. The number of carbonyl (C=O) groups is 1. The molecule has 25 heavy (non-hydrogen) atoms. The van der Waals surface area contributed by atoms with Gasteiger partial charge in [0.2, 0.25) is 0 Å². The van der Waals surface area contributed by atoms with Crippen LogP contribution in [-0.4, -0.2) is 20.3 Å². The molecule has 6 nitrogen and oxygen atoms in total. The average Bonchev–Trinajstić information content (AvgIpc) is 2.59. The van der Waals surface area contributed by atoms with Gasteiger partial charge in [-0.05, 0) is 35.6 Å². The molecule has 0 fully saturated rings. The van der Waals surface area contributed by atoms with Gasteiger partial charge < -0.3 is 0 Å². The fourth-order valence-electron chi connectivity index (χ4n) is 3.45. The normalized spacial score (nSPS) is 16.9. The summed E-state index contributed by atoms with van der Waals surface area (Å²) < 4.78 is 14.4. The topological polar surface area (TPSA) is 84.8 Å². The van der Waals surface area contributed by atoms with Gasteiger partial charge in [0.25, 0.3) is 5.56 Å². The Kier molecular flexibility index (Phi) is 3.38. The van der Waals surface area contributed by atoms with Crippen molar-refractivity contribution in [3.05, 3.63) is 73.8 Å². The lowest BCUT2D eigenvalue weighted by molar-refractivity contribution is 0.0964. The van der Waals surface area contributed by atoms with Gasteiger partial charge in [-0.1, -0.05) is 12.1 Å². The molecule has 0 unspecified atom stereocenters. The number of rotatable bonds is 1. The number of halogens is 1. The molecule has 0 aliphatic heterocycles. The van der Waals surface area contributed by atoms with Crippen LogP contribution in [-0.2, 0) is 13.5 Å². The van der Waals surface area contributed by atoms with Crippen LogP contribution < -0.4 is 11.2 Å². The van der Waals surface area contributed by atoms with Crippen LogP contribution in [0.4, 0.5) is 4.39 Å². The summed E-state index contributed by atoms with van der Waals surface area (Å²) in [5.74, 6) is -0.603. The van der Waals surface area contributed by atoms with Gasteiger partial charge in [-0.15, -0.1) is 0 Å². The molecule has 2 aromatic heterocycles. The van der Waals surface area contributed by atoms with Crippen molar-refractivity contribution in [1.82, 2.24) is 14.5 Å². The Balaban J connectivity index is 1.94. The van der Waals surface area contributed by atoms with E-state index in [0.29, 0.717) is 17.5 Å². The van der Waals surface area contributed by atoms with Crippen molar-refractivity contribution in [3.63, 3.8) is 0 Å². The molecule has 0 spiro atoms. The van der Waals surface area contributed by atoms with Gasteiger partial charge in [0.1, 0.15) is 11.5 Å². The zero-order valence-corrected chi connectivity index (χ0v) is 13.4. The maximum Gasteiger partial charge on any atom is 0.329 e. The third-order valence-corrected chi connectivity index (χ3v) is 4.76. The summed E-state index contributed by atoms with van der Waals surface area (Å²) in [7, 11) is 1.52. The molecule has 1 aromatic carbocycles. The summed E-state index contributed by atoms with van der Waals surface area (Å²) in [6, 6.07) is 6.02. The Bertz CT molecular complexity index is 1130. The maximum atomic E-state index is 13.2. The highest BCUT2D eigenvalue weighted by molar-refractivity contribution is 6.02. The Labute approximate surface area is 141 Å². The number of hydrogen-bond acceptors (Lipinski definition) is 4. The summed E-state index contributed by atoms with van der Waals surface area (Å²) in [5.41, 5.74) is 0.992. The molecule has 1 N–H and O–H groups in total. The van der Waals surface area contributed by atoms with Crippen molar-refractivity contribution < 1.29 is 9.18 Å². The van der Waals surface area contributed by atoms with E-state index < -0.39 is 11.2 Å². The third kappa shape index (κ3) is 2.39. The van der Waals surface area contributed by atoms with Crippen LogP contribution in [0.25, 0.3) is 11.0 Å². The first-order valence-corrected chi connectivity index (χ1v) is 7.85. The van der Waals surface area contributed by atoms with Crippen molar-refractivity contribution in [3.8, 4) is 0 Å². The van der Waals surface area contributed by atoms with Crippen molar-refractivity contribution in [1.29, 1.82) is 0 Å². The molecular weight excluding hydrogens is 325 g/mol. The van der Waals surface area contributed by atoms with Crippen LogP contribution in [0.2, 0.25) is 0 Å². The van der Waals surface area contributed by atoms with Crippen molar-refractivity contribution in [2.45, 2.75) is 18.8 Å². The van der Waals surface area contributed by atoms with E-state index in [1.807, 2.05) is 0 Å². The molecule has 0 saturated carbocycles. The zero-order valence-electron chi connectivity index (χ0n) is 13.4. The van der Waals surface area contributed by atoms with Gasteiger partial charge in [-0.2, -0.15) is 0 Å². The SMILES string of the molecule is Cn1c(=O)[nH]c(=O)c2c3c(cnc21)C(=O)C[C@H](c1ccc(F)cc1)C3. The molecule has 126 valence electrons. The number of nitrogens with one attached hydrogen (secondary N) is 1. The summed E-state index contributed by atoms with van der Waals surface area (Å²) in [5, 5.41) is 0.264. The maximum absolute atomic E-state index is 13.2. The molecule has 1 atom stereocenters. The van der Waals surface area contributed by atoms with Crippen molar-refractivity contribution in [2.24, 2.45) is 7.05 Å². The standard InChI is InChI=1S/C18H14FN3O3/c1-22-16-15(17(24)21-18(22)25)12-6-10(7-14(23)13(12)8-20-16)9-2-4-11(19)5-3-9/h2-5,8,10H,6-7H2,1H3,(H,21,24,25)/t10-/m1/s1. The second kappa shape index (κ2) is 5.47. The van der Waals surface area contributed by atoms with E-state index in [2.05, 4.69) is 9.97 Å². The summed E-state index contributed by atoms with van der Waals surface area (Å²) in [6.45, 7) is 0. The van der Waals surface area contributed by atoms with Crippen LogP contribution in [0.3, 0.4) is 0 Å². The molecule has 3 aromatic rings. The zero-order chi connectivity index (χ0) is 17.7. The minimum absolute atomic E-state index is 0.113. The number of aromatic nitrogens is 3. The first-order valence-electron chi connectivity index (χ1n) is 7.85. The van der Waals surface area contributed by atoms with E-state index in [1.165, 1.54) is 29.9 Å². The quantitative estimate of drug-likeness (QED) is 0.731. The van der Waals surface area contributed by atoms with E-state index in [9.17, 15) is 18.8 Å². The molecular formula is C18H14FN3O3. The van der Waals surface area contributed by atoms with E-state index in [4.69, 9.17) is 0 Å². The first kappa shape index (κ1) is 15.4. The molecule has 2 heterocycles. The van der Waals surface area contributed by atoms with Crippen molar-refractivity contribution >= 4 is 16.8 Å². The summed E-state index contributed by atoms with van der Waals surface area (Å²) in [4.78, 5) is 43.1. The summed E-state index contributed by atoms with van der Waals surface area (Å²) in [6.07, 6.45) is 2.16. The minimum Gasteiger partial charge on any atom is -0.294 e. The lowest BCUT2D eigenvalue weighted by Gasteiger charge is -2.24. The van der Waals surface area contributed by atoms with Gasteiger partial charge in [0.05, 0.1) is 5.39 Å². The van der Waals surface area contributed by atoms with Crippen LogP contribution in [0.1, 0.15) is 33.8 Å². The third-order valence-electron chi connectivity index (χ3n) is 4.76. The summed E-state index contributed by atoms with van der Waals surface area (Å²) >= 11 is 0. The van der Waals surface area contributed by atoms with Crippen molar-refractivity contribution in [2.75, 3.05) is 0 Å². The fourth-order valence-corrected chi connectivity index (χ4v) is 3.45. The minimum atomic E-state index is -0.554. The fraction of sp³-hybridized carbons (Fsp3) is 0.222. The van der Waals surface area contributed by atoms with Crippen LogP contribution in [0.15, 0.2) is 40.1 Å². The Morgan fingerprint density at radius 3 is 2.60 bits per heavy atom. The van der Waals surface area contributed by atoms with Gasteiger partial charge in [0, 0.05) is 25.2 Å². The van der Waals surface area contributed by atoms with E-state index in [0.717, 1.165) is 5.56 Å². The Morgan fingerprint density at radius 1 is 1.16 bits per heavy atom. The van der Waals surface area contributed by atoms with Crippen LogP contribution in [0, 0.1) is 5.82 Å². The number of nitrogens with zero attached hydrogens (tertiary/aromatic N) is 2. The second-order valence-corrected chi connectivity index (χ2v) is 6.25. The van der Waals surface area contributed by atoms with E-state index in [1.54, 1.807) is 12.1 Å². The Morgan fingerprint density at radius 2 is 1.88 bits per heavy atom. The van der Waals surface area contributed by atoms with Gasteiger partial charge in [-0.25, -0.2) is 14.2 Å². The number of benzene rings is 1. The monoisotopic (exact) mass is 339 g/mol. The van der Waals surface area contributed by atoms with Crippen LogP contribution >= 0.6 is 0 Å². The highest BCUT2D eigenvalue weighted by atomic mass is 19.1. The number of hydrogen-bond donors (Lipinski definition) is 1. The lowest BCUT2D eigenvalue weighted by atomic mass is 9.79. The Hall–Kier alpha value is -3.09. The van der Waals surface area contributed by atoms with Crippen LogP contribution in [0.5, 0.6) is 0 Å². The molecule has 0 bridgehead atoms. The number of aryl methyl sites for hydroxylation is 1.